The molecule has 3 rings (SSSR count). The zero-order valence-corrected chi connectivity index (χ0v) is 13.5. The molecule has 0 bridgehead atoms. The Balaban J connectivity index is 1.86. The van der Waals surface area contributed by atoms with Crippen LogP contribution in [0.15, 0.2) is 52.1 Å². The Bertz CT molecular complexity index is 838. The third-order valence-electron chi connectivity index (χ3n) is 3.50. The summed E-state index contributed by atoms with van der Waals surface area (Å²) in [6, 6.07) is 9.89. The largest absolute Gasteiger partial charge is 0.467 e. The Labute approximate surface area is 142 Å². The van der Waals surface area contributed by atoms with Crippen molar-refractivity contribution in [3.8, 4) is 0 Å². The lowest BCUT2D eigenvalue weighted by molar-refractivity contribution is -0.137. The lowest BCUT2D eigenvalue weighted by Crippen LogP contribution is -2.30. The van der Waals surface area contributed by atoms with Crippen LogP contribution in [0.1, 0.15) is 18.2 Å². The molecule has 1 aliphatic heterocycles. The second-order valence-corrected chi connectivity index (χ2v) is 5.60. The minimum absolute atomic E-state index is 0.0222. The summed E-state index contributed by atoms with van der Waals surface area (Å²) < 4.78 is 5.17. The number of carbonyl (C=O) groups excluding carboxylic acids is 3. The topological polar surface area (TPSA) is 79.6 Å². The summed E-state index contributed by atoms with van der Waals surface area (Å²) in [5, 5.41) is 2.50. The average molecular weight is 345 g/mol. The number of nitrogens with zero attached hydrogens (tertiary/aromatic N) is 1. The number of nitrogens with one attached hydrogen (secondary N) is 1. The number of hydrogen-bond donors (Lipinski definition) is 1. The van der Waals surface area contributed by atoms with Gasteiger partial charge in [-0.05, 0) is 29.8 Å². The number of halogens is 1. The number of rotatable bonds is 4. The Morgan fingerprint density at radius 1 is 1.17 bits per heavy atom. The number of benzene rings is 1. The second-order valence-electron chi connectivity index (χ2n) is 5.22. The highest BCUT2D eigenvalue weighted by molar-refractivity contribution is 6.55. The molecular formula is C17H13ClN2O4. The second kappa shape index (κ2) is 6.33. The highest BCUT2D eigenvalue weighted by Crippen LogP contribution is 2.33. The molecule has 0 atom stereocenters. The highest BCUT2D eigenvalue weighted by Gasteiger charge is 2.38. The number of hydrogen-bond acceptors (Lipinski definition) is 4. The van der Waals surface area contributed by atoms with Crippen LogP contribution in [0.2, 0.25) is 0 Å². The third-order valence-corrected chi connectivity index (χ3v) is 3.85. The van der Waals surface area contributed by atoms with Gasteiger partial charge in [0.1, 0.15) is 10.8 Å². The maximum Gasteiger partial charge on any atom is 0.273 e. The van der Waals surface area contributed by atoms with Crippen LogP contribution >= 0.6 is 11.6 Å². The number of amides is 3. The lowest BCUT2D eigenvalue weighted by atomic mass is 10.1. The Kier molecular flexibility index (Phi) is 4.22. The number of imide groups is 1. The van der Waals surface area contributed by atoms with E-state index in [1.165, 1.54) is 13.2 Å². The van der Waals surface area contributed by atoms with E-state index in [4.69, 9.17) is 16.0 Å². The van der Waals surface area contributed by atoms with E-state index in [1.54, 1.807) is 36.4 Å². The minimum Gasteiger partial charge on any atom is -0.467 e. The molecule has 3 amide bonds. The number of anilines is 1. The summed E-state index contributed by atoms with van der Waals surface area (Å²) in [5.74, 6) is -0.743. The van der Waals surface area contributed by atoms with Gasteiger partial charge in [0.25, 0.3) is 11.8 Å². The van der Waals surface area contributed by atoms with E-state index in [9.17, 15) is 14.4 Å². The van der Waals surface area contributed by atoms with Gasteiger partial charge in [-0.1, -0.05) is 23.7 Å². The lowest BCUT2D eigenvalue weighted by Gasteiger charge is -2.13. The van der Waals surface area contributed by atoms with E-state index in [2.05, 4.69) is 5.32 Å². The van der Waals surface area contributed by atoms with Crippen molar-refractivity contribution in [2.75, 3.05) is 5.32 Å². The van der Waals surface area contributed by atoms with Crippen LogP contribution in [0.5, 0.6) is 0 Å². The van der Waals surface area contributed by atoms with E-state index in [1.807, 2.05) is 0 Å². The molecule has 0 saturated carbocycles. The first-order chi connectivity index (χ1) is 11.5. The zero-order valence-electron chi connectivity index (χ0n) is 12.7. The molecule has 6 nitrogen and oxygen atoms in total. The minimum atomic E-state index is -0.556. The van der Waals surface area contributed by atoms with Crippen LogP contribution in [-0.4, -0.2) is 22.6 Å². The van der Waals surface area contributed by atoms with Crippen LogP contribution in [0, 0.1) is 0 Å². The molecule has 1 aliphatic rings. The molecule has 7 heteroatoms. The molecule has 0 aliphatic carbocycles. The van der Waals surface area contributed by atoms with Gasteiger partial charge < -0.3 is 9.73 Å². The SMILES string of the molecule is CC(=O)Nc1ccc(C2=C(Cl)C(=O)N(Cc3ccco3)C2=O)cc1. The molecule has 24 heavy (non-hydrogen) atoms. The van der Waals surface area contributed by atoms with Crippen LogP contribution < -0.4 is 5.32 Å². The van der Waals surface area contributed by atoms with E-state index in [0.29, 0.717) is 17.0 Å². The zero-order chi connectivity index (χ0) is 17.3. The van der Waals surface area contributed by atoms with E-state index >= 15 is 0 Å². The van der Waals surface area contributed by atoms with Gasteiger partial charge in [0.15, 0.2) is 0 Å². The smallest absolute Gasteiger partial charge is 0.273 e. The summed E-state index contributed by atoms with van der Waals surface area (Å²) in [6.45, 7) is 1.42. The van der Waals surface area contributed by atoms with E-state index < -0.39 is 11.8 Å². The number of carbonyl (C=O) groups is 3. The third kappa shape index (κ3) is 2.96. The molecule has 1 aromatic heterocycles. The fourth-order valence-electron chi connectivity index (χ4n) is 2.42. The molecule has 0 unspecified atom stereocenters. The summed E-state index contributed by atoms with van der Waals surface area (Å²) in [7, 11) is 0. The van der Waals surface area contributed by atoms with Crippen LogP contribution in [0.4, 0.5) is 5.69 Å². The highest BCUT2D eigenvalue weighted by atomic mass is 35.5. The van der Waals surface area contributed by atoms with Gasteiger partial charge in [-0.25, -0.2) is 0 Å². The van der Waals surface area contributed by atoms with Crippen molar-refractivity contribution in [3.05, 3.63) is 59.0 Å². The van der Waals surface area contributed by atoms with Gasteiger partial charge in [0.2, 0.25) is 5.91 Å². The van der Waals surface area contributed by atoms with Gasteiger partial charge in [0, 0.05) is 12.6 Å². The molecule has 1 aromatic carbocycles. The molecule has 0 radical (unpaired) electrons. The Morgan fingerprint density at radius 2 is 1.88 bits per heavy atom. The first-order valence-corrected chi connectivity index (χ1v) is 7.51. The molecular weight excluding hydrogens is 332 g/mol. The normalized spacial score (nSPS) is 14.5. The average Bonchev–Trinajstić information content (AvgIpc) is 3.12. The fraction of sp³-hybridized carbons (Fsp3) is 0.118. The fourth-order valence-corrected chi connectivity index (χ4v) is 2.71. The van der Waals surface area contributed by atoms with Crippen molar-refractivity contribution in [2.45, 2.75) is 13.5 Å². The molecule has 1 N–H and O–H groups in total. The Morgan fingerprint density at radius 3 is 2.46 bits per heavy atom. The first kappa shape index (κ1) is 16.0. The maximum absolute atomic E-state index is 12.6. The molecule has 0 fully saturated rings. The van der Waals surface area contributed by atoms with E-state index in [-0.39, 0.29) is 23.1 Å². The van der Waals surface area contributed by atoms with Gasteiger partial charge in [-0.2, -0.15) is 0 Å². The van der Waals surface area contributed by atoms with Crippen molar-refractivity contribution < 1.29 is 18.8 Å². The van der Waals surface area contributed by atoms with Gasteiger partial charge >= 0.3 is 0 Å². The predicted octanol–water partition coefficient (Wildman–Crippen LogP) is 2.76. The van der Waals surface area contributed by atoms with Crippen molar-refractivity contribution in [1.29, 1.82) is 0 Å². The van der Waals surface area contributed by atoms with Crippen LogP contribution in [-0.2, 0) is 20.9 Å². The first-order valence-electron chi connectivity index (χ1n) is 7.13. The van der Waals surface area contributed by atoms with Crippen molar-refractivity contribution >= 4 is 40.6 Å². The summed E-state index contributed by atoms with van der Waals surface area (Å²) in [6.07, 6.45) is 1.47. The van der Waals surface area contributed by atoms with Crippen LogP contribution in [0.3, 0.4) is 0 Å². The monoisotopic (exact) mass is 344 g/mol. The standard InChI is InChI=1S/C17H13ClN2O4/c1-10(21)19-12-6-4-11(5-7-12)14-15(18)17(23)20(16(14)22)9-13-3-2-8-24-13/h2-8H,9H2,1H3,(H,19,21). The van der Waals surface area contributed by atoms with Crippen LogP contribution in [0.25, 0.3) is 5.57 Å². The number of furan rings is 1. The summed E-state index contributed by atoms with van der Waals surface area (Å²) in [4.78, 5) is 36.9. The van der Waals surface area contributed by atoms with Crippen molar-refractivity contribution in [1.82, 2.24) is 4.90 Å². The molecule has 0 saturated heterocycles. The summed E-state index contributed by atoms with van der Waals surface area (Å²) in [5.41, 5.74) is 1.24. The van der Waals surface area contributed by atoms with Crippen molar-refractivity contribution in [2.24, 2.45) is 0 Å². The summed E-state index contributed by atoms with van der Waals surface area (Å²) >= 11 is 6.08. The van der Waals surface area contributed by atoms with Crippen molar-refractivity contribution in [3.63, 3.8) is 0 Å². The molecule has 2 aromatic rings. The van der Waals surface area contributed by atoms with Gasteiger partial charge in [0.05, 0.1) is 18.4 Å². The maximum atomic E-state index is 12.6. The predicted molar refractivity (Wildman–Crippen MR) is 87.8 cm³/mol. The molecule has 2 heterocycles. The Hall–Kier alpha value is -2.86. The van der Waals surface area contributed by atoms with E-state index in [0.717, 1.165) is 4.90 Å². The van der Waals surface area contributed by atoms with Gasteiger partial charge in [-0.15, -0.1) is 0 Å². The van der Waals surface area contributed by atoms with Gasteiger partial charge in [-0.3, -0.25) is 19.3 Å². The quantitative estimate of drug-likeness (QED) is 0.865. The molecule has 122 valence electrons. The molecule has 0 spiro atoms.